The Morgan fingerprint density at radius 2 is 1.33 bits per heavy atom. The molecule has 3 aromatic carbocycles. The van der Waals surface area contributed by atoms with E-state index in [-0.39, 0.29) is 29.1 Å². The van der Waals surface area contributed by atoms with Gasteiger partial charge in [-0.25, -0.2) is 0 Å². The summed E-state index contributed by atoms with van der Waals surface area (Å²) in [5.41, 5.74) is 6.36. The minimum atomic E-state index is -0.702. The Balaban J connectivity index is 0.000000295. The van der Waals surface area contributed by atoms with E-state index in [9.17, 15) is 14.4 Å². The SMILES string of the molecule is CCC(C)(C)c1cc(SOC)ccc1[NH2+]CCCCN1C(=O)c2ccccc2C1=O.C[NH2+]c1ccc(SOC)cc1C(C)(C)CCCCCC(=O)O. The van der Waals surface area contributed by atoms with Crippen molar-refractivity contribution in [1.29, 1.82) is 0 Å². The highest BCUT2D eigenvalue weighted by atomic mass is 32.2. The van der Waals surface area contributed by atoms with Crippen LogP contribution in [0, 0.1) is 0 Å². The molecular weight excluding hydrogens is 695 g/mol. The molecule has 1 heterocycles. The van der Waals surface area contributed by atoms with E-state index in [1.165, 1.54) is 51.5 Å². The molecule has 0 unspecified atom stereocenters. The van der Waals surface area contributed by atoms with Gasteiger partial charge in [0.25, 0.3) is 11.8 Å². The monoisotopic (exact) mass is 753 g/mol. The van der Waals surface area contributed by atoms with Crippen molar-refractivity contribution in [3.8, 4) is 0 Å². The average molecular weight is 754 g/mol. The van der Waals surface area contributed by atoms with Crippen molar-refractivity contribution >= 4 is 53.2 Å². The zero-order valence-corrected chi connectivity index (χ0v) is 33.9. The Labute approximate surface area is 319 Å². The van der Waals surface area contributed by atoms with Crippen LogP contribution in [0.15, 0.2) is 70.5 Å². The number of aliphatic carboxylic acids is 1. The van der Waals surface area contributed by atoms with Crippen LogP contribution in [0.2, 0.25) is 0 Å². The van der Waals surface area contributed by atoms with Crippen molar-refractivity contribution in [2.24, 2.45) is 0 Å². The number of unbranched alkanes of at least 4 members (excludes halogenated alkanes) is 3. The topological polar surface area (TPSA) is 126 Å². The number of fused-ring (bicyclic) bond motifs is 1. The van der Waals surface area contributed by atoms with Gasteiger partial charge in [-0.05, 0) is 79.3 Å². The van der Waals surface area contributed by atoms with E-state index in [4.69, 9.17) is 13.5 Å². The molecule has 1 aliphatic rings. The van der Waals surface area contributed by atoms with Crippen molar-refractivity contribution in [3.05, 3.63) is 82.9 Å². The third-order valence-electron chi connectivity index (χ3n) is 9.83. The molecular formula is C41H59N3O6S2+2. The predicted octanol–water partition coefficient (Wildman–Crippen LogP) is 7.78. The first-order valence-corrected chi connectivity index (χ1v) is 19.8. The first kappa shape index (κ1) is 43.2. The van der Waals surface area contributed by atoms with Crippen LogP contribution in [-0.2, 0) is 24.0 Å². The number of quaternary nitrogens is 2. The Morgan fingerprint density at radius 1 is 0.769 bits per heavy atom. The fourth-order valence-corrected chi connectivity index (χ4v) is 7.39. The largest absolute Gasteiger partial charge is 0.481 e. The van der Waals surface area contributed by atoms with Crippen LogP contribution in [-0.4, -0.2) is 62.1 Å². The van der Waals surface area contributed by atoms with Gasteiger partial charge in [0.2, 0.25) is 0 Å². The summed E-state index contributed by atoms with van der Waals surface area (Å²) in [6.07, 6.45) is 6.87. The molecule has 0 aromatic heterocycles. The Morgan fingerprint density at radius 3 is 1.85 bits per heavy atom. The summed E-state index contributed by atoms with van der Waals surface area (Å²) in [6.45, 7) is 12.6. The van der Waals surface area contributed by atoms with Gasteiger partial charge in [-0.1, -0.05) is 59.6 Å². The molecule has 284 valence electrons. The molecule has 0 saturated carbocycles. The second-order valence-electron chi connectivity index (χ2n) is 14.4. The highest BCUT2D eigenvalue weighted by molar-refractivity contribution is 7.94. The van der Waals surface area contributed by atoms with E-state index in [2.05, 4.69) is 88.7 Å². The van der Waals surface area contributed by atoms with Crippen LogP contribution in [0.5, 0.6) is 0 Å². The van der Waals surface area contributed by atoms with Crippen molar-refractivity contribution in [1.82, 2.24) is 4.90 Å². The molecule has 0 aliphatic carbocycles. The Hall–Kier alpha value is -3.19. The van der Waals surface area contributed by atoms with Gasteiger partial charge in [-0.15, -0.1) is 0 Å². The molecule has 4 rings (SSSR count). The third kappa shape index (κ3) is 12.2. The van der Waals surface area contributed by atoms with Crippen LogP contribution in [0.3, 0.4) is 0 Å². The van der Waals surface area contributed by atoms with Crippen molar-refractivity contribution in [2.75, 3.05) is 34.4 Å². The van der Waals surface area contributed by atoms with Crippen molar-refractivity contribution in [3.63, 3.8) is 0 Å². The minimum absolute atomic E-state index is 0.0649. The van der Waals surface area contributed by atoms with Gasteiger partial charge in [0.15, 0.2) is 0 Å². The number of amides is 2. The molecule has 9 nitrogen and oxygen atoms in total. The number of rotatable bonds is 20. The lowest BCUT2D eigenvalue weighted by atomic mass is 9.79. The second-order valence-corrected chi connectivity index (χ2v) is 16.3. The molecule has 0 spiro atoms. The van der Waals surface area contributed by atoms with E-state index in [0.717, 1.165) is 61.3 Å². The van der Waals surface area contributed by atoms with Crippen LogP contribution in [0.25, 0.3) is 0 Å². The highest BCUT2D eigenvalue weighted by Crippen LogP contribution is 2.36. The molecule has 2 amide bonds. The normalized spacial score (nSPS) is 12.9. The predicted molar refractivity (Wildman–Crippen MR) is 211 cm³/mol. The van der Waals surface area contributed by atoms with Crippen LogP contribution >= 0.6 is 24.1 Å². The number of imide groups is 1. The number of benzene rings is 3. The van der Waals surface area contributed by atoms with E-state index < -0.39 is 5.97 Å². The molecule has 3 aromatic rings. The smallest absolute Gasteiger partial charge is 0.303 e. The Kier molecular flexibility index (Phi) is 17.4. The zero-order chi connectivity index (χ0) is 38.3. The van der Waals surface area contributed by atoms with Crippen LogP contribution in [0.1, 0.15) is 118 Å². The van der Waals surface area contributed by atoms with Gasteiger partial charge in [0, 0.05) is 70.1 Å². The second kappa shape index (κ2) is 20.9. The lowest BCUT2D eigenvalue weighted by Crippen LogP contribution is -2.78. The third-order valence-corrected chi connectivity index (χ3v) is 11.1. The zero-order valence-electron chi connectivity index (χ0n) is 32.3. The number of carboxylic acids is 1. The van der Waals surface area contributed by atoms with Gasteiger partial charge in [0.05, 0.1) is 38.9 Å². The summed E-state index contributed by atoms with van der Waals surface area (Å²) in [5.74, 6) is -1.04. The van der Waals surface area contributed by atoms with Crippen molar-refractivity contribution in [2.45, 2.75) is 107 Å². The fourth-order valence-electron chi connectivity index (χ4n) is 6.43. The van der Waals surface area contributed by atoms with E-state index >= 15 is 0 Å². The van der Waals surface area contributed by atoms with Gasteiger partial charge < -0.3 is 24.1 Å². The van der Waals surface area contributed by atoms with Crippen LogP contribution < -0.4 is 10.6 Å². The lowest BCUT2D eigenvalue weighted by molar-refractivity contribution is -0.572. The maximum atomic E-state index is 12.5. The van der Waals surface area contributed by atoms with Gasteiger partial charge in [-0.3, -0.25) is 19.3 Å². The van der Waals surface area contributed by atoms with E-state index in [1.54, 1.807) is 38.5 Å². The number of carbonyl (C=O) groups is 3. The first-order valence-electron chi connectivity index (χ1n) is 18.3. The number of hydrogen-bond acceptors (Lipinski definition) is 7. The summed E-state index contributed by atoms with van der Waals surface area (Å²) in [6, 6.07) is 20.0. The molecule has 0 radical (unpaired) electrons. The van der Waals surface area contributed by atoms with Gasteiger partial charge in [0.1, 0.15) is 11.4 Å². The maximum Gasteiger partial charge on any atom is 0.303 e. The molecule has 11 heteroatoms. The summed E-state index contributed by atoms with van der Waals surface area (Å²) in [5, 5.41) is 13.1. The lowest BCUT2D eigenvalue weighted by Gasteiger charge is -2.26. The molecule has 0 fully saturated rings. The quantitative estimate of drug-likeness (QED) is 0.0463. The highest BCUT2D eigenvalue weighted by Gasteiger charge is 2.34. The molecule has 0 saturated heterocycles. The summed E-state index contributed by atoms with van der Waals surface area (Å²) < 4.78 is 10.4. The number of carbonyl (C=O) groups excluding carboxylic acids is 2. The van der Waals surface area contributed by atoms with Crippen molar-refractivity contribution < 1.29 is 38.5 Å². The van der Waals surface area contributed by atoms with Gasteiger partial charge >= 0.3 is 5.97 Å². The molecule has 0 bridgehead atoms. The van der Waals surface area contributed by atoms with E-state index in [1.807, 2.05) is 0 Å². The Bertz CT molecular complexity index is 1610. The van der Waals surface area contributed by atoms with Crippen LogP contribution in [0.4, 0.5) is 11.4 Å². The standard InChI is InChI=1S/C24H30N2O3S.C17H27NO3S/c1-5-24(2,3)20-16-17(30-29-4)12-13-21(20)25-14-8-9-15-26-22(27)18-10-6-7-11-19(18)23(26)28;1-17(2,11-7-5-6-8-16(19)20)14-12-13(22-21-4)9-10-15(14)18-3/h6-7,10-13,16,25H,5,8-9,14-15H2,1-4H3;9-10,12,18H,5-8,11H2,1-4H3,(H,19,20)/p+2. The fraction of sp³-hybridized carbons (Fsp3) is 0.488. The number of nitrogens with zero attached hydrogens (tertiary/aromatic N) is 1. The average Bonchev–Trinajstić information content (AvgIpc) is 3.37. The molecule has 0 atom stereocenters. The number of carboxylic acid groups (broad SMARTS) is 1. The molecule has 52 heavy (non-hydrogen) atoms. The molecule has 5 N–H and O–H groups in total. The van der Waals surface area contributed by atoms with E-state index in [0.29, 0.717) is 17.7 Å². The van der Waals surface area contributed by atoms with Gasteiger partial charge in [-0.2, -0.15) is 0 Å². The number of hydrogen-bond donors (Lipinski definition) is 3. The first-order chi connectivity index (χ1) is 24.8. The minimum Gasteiger partial charge on any atom is -0.481 e. The number of nitrogens with two attached hydrogens (primary N) is 2. The maximum absolute atomic E-state index is 12.5. The molecule has 1 aliphatic heterocycles. The summed E-state index contributed by atoms with van der Waals surface area (Å²) in [7, 11) is 5.42. The summed E-state index contributed by atoms with van der Waals surface area (Å²) in [4.78, 5) is 39.0. The summed E-state index contributed by atoms with van der Waals surface area (Å²) >= 11 is 2.76.